The number of carbonyl (C=O) groups is 1. The second kappa shape index (κ2) is 13.1. The van der Waals surface area contributed by atoms with Crippen LogP contribution in [0.1, 0.15) is 52.3 Å². The molecule has 1 unspecified atom stereocenters. The summed E-state index contributed by atoms with van der Waals surface area (Å²) in [6.45, 7) is 3.79. The molecule has 2 saturated heterocycles. The van der Waals surface area contributed by atoms with Crippen molar-refractivity contribution in [3.05, 3.63) is 88.6 Å². The first-order valence-corrected chi connectivity index (χ1v) is 15.6. The lowest BCUT2D eigenvalue weighted by atomic mass is 10.1. The molecule has 0 saturated carbocycles. The van der Waals surface area contributed by atoms with Gasteiger partial charge in [0.1, 0.15) is 17.7 Å². The van der Waals surface area contributed by atoms with E-state index in [1.807, 2.05) is 24.3 Å². The molecule has 2 fully saturated rings. The lowest BCUT2D eigenvalue weighted by molar-refractivity contribution is -0.0592. The van der Waals surface area contributed by atoms with Crippen LogP contribution in [-0.4, -0.2) is 62.4 Å². The summed E-state index contributed by atoms with van der Waals surface area (Å²) in [7, 11) is 0. The molecule has 222 valence electrons. The molecule has 0 aliphatic carbocycles. The maximum absolute atomic E-state index is 14.2. The van der Waals surface area contributed by atoms with Crippen molar-refractivity contribution in [1.29, 1.82) is 5.26 Å². The van der Waals surface area contributed by atoms with Gasteiger partial charge < -0.3 is 19.1 Å². The molecule has 9 nitrogen and oxygen atoms in total. The third-order valence-corrected chi connectivity index (χ3v) is 8.93. The number of aromatic carboxylic acids is 1. The number of likely N-dealkylation sites (tertiary alicyclic amines) is 1. The molecule has 2 aliphatic rings. The van der Waals surface area contributed by atoms with Crippen LogP contribution < -0.4 is 4.74 Å². The van der Waals surface area contributed by atoms with Crippen molar-refractivity contribution >= 4 is 28.8 Å². The summed E-state index contributed by atoms with van der Waals surface area (Å²) in [4.78, 5) is 23.5. The van der Waals surface area contributed by atoms with Crippen LogP contribution >= 0.6 is 11.8 Å². The van der Waals surface area contributed by atoms with Crippen molar-refractivity contribution in [2.45, 2.75) is 56.1 Å². The smallest absolute Gasteiger partial charge is 0.335 e. The van der Waals surface area contributed by atoms with Gasteiger partial charge in [-0.05, 0) is 61.2 Å². The maximum Gasteiger partial charge on any atom is 0.335 e. The molecule has 0 bridgehead atoms. The first kappa shape index (κ1) is 29.1. The van der Waals surface area contributed by atoms with Crippen molar-refractivity contribution in [2.24, 2.45) is 0 Å². The van der Waals surface area contributed by atoms with E-state index in [1.54, 1.807) is 42.1 Å². The van der Waals surface area contributed by atoms with E-state index >= 15 is 0 Å². The van der Waals surface area contributed by atoms with Crippen LogP contribution in [0.25, 0.3) is 11.0 Å². The van der Waals surface area contributed by atoms with E-state index in [0.29, 0.717) is 41.6 Å². The number of piperidine rings is 1. The molecule has 2 aromatic carbocycles. The lowest BCUT2D eigenvalue weighted by Crippen LogP contribution is -2.39. The van der Waals surface area contributed by atoms with E-state index in [4.69, 9.17) is 19.7 Å². The summed E-state index contributed by atoms with van der Waals surface area (Å²) in [6.07, 6.45) is 2.88. The van der Waals surface area contributed by atoms with E-state index in [9.17, 15) is 14.3 Å². The SMILES string of the molecule is N#Cc1ccc(CSCc2cccc(OC3CCN(Cc4nc5ccc(C(=O)O)cc5n4CC4CCO4)CC3)n2)c(F)c1. The van der Waals surface area contributed by atoms with Crippen LogP contribution in [0.5, 0.6) is 5.88 Å². The van der Waals surface area contributed by atoms with Crippen LogP contribution in [0.2, 0.25) is 0 Å². The number of benzene rings is 2. The number of halogens is 1. The Hall–Kier alpha value is -3.98. The Labute approximate surface area is 253 Å². The molecule has 11 heteroatoms. The van der Waals surface area contributed by atoms with Crippen LogP contribution in [0, 0.1) is 17.1 Å². The van der Waals surface area contributed by atoms with E-state index < -0.39 is 5.97 Å². The number of nitrogens with zero attached hydrogens (tertiary/aromatic N) is 5. The zero-order valence-electron chi connectivity index (χ0n) is 23.6. The van der Waals surface area contributed by atoms with E-state index in [-0.39, 0.29) is 23.6 Å². The second-order valence-corrected chi connectivity index (χ2v) is 11.9. The van der Waals surface area contributed by atoms with E-state index in [1.165, 1.54) is 6.07 Å². The van der Waals surface area contributed by atoms with Crippen LogP contribution in [0.4, 0.5) is 4.39 Å². The third-order valence-electron chi connectivity index (χ3n) is 7.91. The molecular formula is C32H32FN5O4S. The number of aromatic nitrogens is 3. The Morgan fingerprint density at radius 2 is 1.95 bits per heavy atom. The molecule has 1 atom stereocenters. The Morgan fingerprint density at radius 3 is 2.67 bits per heavy atom. The molecule has 4 heterocycles. The number of carboxylic acids is 1. The van der Waals surface area contributed by atoms with Crippen molar-refractivity contribution in [2.75, 3.05) is 19.7 Å². The summed E-state index contributed by atoms with van der Waals surface area (Å²) in [6, 6.07) is 17.4. The number of pyridine rings is 1. The number of nitriles is 1. The number of imidazole rings is 1. The minimum Gasteiger partial charge on any atom is -0.478 e. The summed E-state index contributed by atoms with van der Waals surface area (Å²) in [5, 5.41) is 18.4. The van der Waals surface area contributed by atoms with Gasteiger partial charge in [-0.1, -0.05) is 12.1 Å². The molecule has 6 rings (SSSR count). The molecule has 43 heavy (non-hydrogen) atoms. The Kier molecular flexibility index (Phi) is 8.88. The molecule has 2 aliphatic heterocycles. The highest BCUT2D eigenvalue weighted by atomic mass is 32.2. The first-order chi connectivity index (χ1) is 20.9. The minimum atomic E-state index is -0.949. The van der Waals surface area contributed by atoms with Gasteiger partial charge in [-0.3, -0.25) is 4.90 Å². The fraction of sp³-hybridized carbons (Fsp3) is 0.375. The van der Waals surface area contributed by atoms with Gasteiger partial charge in [0.25, 0.3) is 0 Å². The fourth-order valence-corrected chi connectivity index (χ4v) is 6.35. The minimum absolute atomic E-state index is 0.0553. The topological polar surface area (TPSA) is 114 Å². The molecule has 1 N–H and O–H groups in total. The van der Waals surface area contributed by atoms with Crippen LogP contribution in [-0.2, 0) is 29.3 Å². The summed E-state index contributed by atoms with van der Waals surface area (Å²) in [5.41, 5.74) is 3.63. The average Bonchev–Trinajstić information content (AvgIpc) is 3.32. The second-order valence-electron chi connectivity index (χ2n) is 10.9. The zero-order valence-corrected chi connectivity index (χ0v) is 24.4. The Morgan fingerprint density at radius 1 is 1.12 bits per heavy atom. The van der Waals surface area contributed by atoms with E-state index in [0.717, 1.165) is 61.5 Å². The summed E-state index contributed by atoms with van der Waals surface area (Å²) < 4.78 is 28.2. The largest absolute Gasteiger partial charge is 0.478 e. The zero-order chi connectivity index (χ0) is 29.8. The molecule has 4 aromatic rings. The third kappa shape index (κ3) is 6.99. The van der Waals surface area contributed by atoms with Crippen molar-refractivity contribution in [1.82, 2.24) is 19.4 Å². The highest BCUT2D eigenvalue weighted by Gasteiger charge is 2.26. The molecule has 2 aromatic heterocycles. The van der Waals surface area contributed by atoms with Gasteiger partial charge in [0.2, 0.25) is 5.88 Å². The highest BCUT2D eigenvalue weighted by molar-refractivity contribution is 7.97. The molecule has 0 spiro atoms. The number of ether oxygens (including phenoxy) is 2. The van der Waals surface area contributed by atoms with Crippen LogP contribution in [0.15, 0.2) is 54.6 Å². The number of carboxylic acid groups (broad SMARTS) is 1. The fourth-order valence-electron chi connectivity index (χ4n) is 5.42. The predicted octanol–water partition coefficient (Wildman–Crippen LogP) is 5.41. The molecular weight excluding hydrogens is 569 g/mol. The Bertz CT molecular complexity index is 1660. The molecule has 0 amide bonds. The van der Waals surface area contributed by atoms with Crippen molar-refractivity contribution in [3.63, 3.8) is 0 Å². The average molecular weight is 602 g/mol. The standard InChI is InChI=1S/C32H32FN5O4S/c33-27-14-21(16-34)4-5-23(27)19-43-20-24-2-1-3-31(35-24)42-25-8-11-37(12-9-25)18-30-36-28-7-6-22(32(39)40)15-29(28)38(30)17-26-10-13-41-26/h1-7,14-15,25-26H,8-13,17-20H2,(H,39,40). The van der Waals surface area contributed by atoms with Crippen LogP contribution in [0.3, 0.4) is 0 Å². The monoisotopic (exact) mass is 601 g/mol. The van der Waals surface area contributed by atoms with Crippen molar-refractivity contribution < 1.29 is 23.8 Å². The number of thioether (sulfide) groups is 1. The summed E-state index contributed by atoms with van der Waals surface area (Å²) >= 11 is 1.56. The normalized spacial score (nSPS) is 17.4. The first-order valence-electron chi connectivity index (χ1n) is 14.4. The number of hydrogen-bond acceptors (Lipinski definition) is 8. The predicted molar refractivity (Wildman–Crippen MR) is 160 cm³/mol. The molecule has 0 radical (unpaired) electrons. The van der Waals surface area contributed by atoms with Gasteiger partial charge in [0.15, 0.2) is 0 Å². The van der Waals surface area contributed by atoms with E-state index in [2.05, 4.69) is 14.5 Å². The van der Waals surface area contributed by atoms with Gasteiger partial charge in [-0.25, -0.2) is 19.2 Å². The quantitative estimate of drug-likeness (QED) is 0.241. The van der Waals surface area contributed by atoms with Gasteiger partial charge in [-0.2, -0.15) is 17.0 Å². The number of hydrogen-bond donors (Lipinski definition) is 1. The lowest BCUT2D eigenvalue weighted by Gasteiger charge is -2.32. The van der Waals surface area contributed by atoms with Gasteiger partial charge in [0.05, 0.1) is 53.1 Å². The van der Waals surface area contributed by atoms with Gasteiger partial charge in [-0.15, -0.1) is 0 Å². The number of fused-ring (bicyclic) bond motifs is 1. The van der Waals surface area contributed by atoms with Gasteiger partial charge in [0, 0.05) is 37.3 Å². The highest BCUT2D eigenvalue weighted by Crippen LogP contribution is 2.26. The van der Waals surface area contributed by atoms with Gasteiger partial charge >= 0.3 is 5.97 Å². The van der Waals surface area contributed by atoms with Crippen molar-refractivity contribution in [3.8, 4) is 11.9 Å². The number of rotatable bonds is 11. The Balaban J connectivity index is 1.03. The maximum atomic E-state index is 14.2. The summed E-state index contributed by atoms with van der Waals surface area (Å²) in [5.74, 6) is 1.31.